The first-order chi connectivity index (χ1) is 17.3. The number of fused-ring (bicyclic) bond motifs is 1. The summed E-state index contributed by atoms with van der Waals surface area (Å²) < 4.78 is 30.2. The number of esters is 4. The van der Waals surface area contributed by atoms with E-state index in [0.29, 0.717) is 6.42 Å². The first-order valence-electron chi connectivity index (χ1n) is 12.5. The predicted molar refractivity (Wildman–Crippen MR) is 127 cm³/mol. The summed E-state index contributed by atoms with van der Waals surface area (Å²) >= 11 is 0. The quantitative estimate of drug-likeness (QED) is 0.457. The number of aliphatic hydroxyl groups excluding tert-OH is 1. The van der Waals surface area contributed by atoms with Gasteiger partial charge in [0.1, 0.15) is 18.3 Å². The fraction of sp³-hybridized carbons (Fsp3) is 0.630. The van der Waals surface area contributed by atoms with Crippen LogP contribution in [-0.2, 0) is 38.1 Å². The summed E-state index contributed by atoms with van der Waals surface area (Å²) in [4.78, 5) is 50.6. The Balaban J connectivity index is 1.99. The molecule has 2 saturated carbocycles. The van der Waals surface area contributed by atoms with Gasteiger partial charge in [-0.3, -0.25) is 14.4 Å². The molecule has 0 radical (unpaired) electrons. The summed E-state index contributed by atoms with van der Waals surface area (Å²) in [5.41, 5.74) is -4.51. The van der Waals surface area contributed by atoms with E-state index in [1.165, 1.54) is 20.8 Å². The summed E-state index contributed by atoms with van der Waals surface area (Å²) in [6, 6.07) is 8.16. The Morgan fingerprint density at radius 1 is 0.892 bits per heavy atom. The fourth-order valence-corrected chi connectivity index (χ4v) is 6.82. The highest BCUT2D eigenvalue weighted by atomic mass is 16.7. The zero-order valence-electron chi connectivity index (χ0n) is 21.9. The standard InChI is InChI=1S/C27H34O10/c1-14-12-13-19(33-15(2)28)27(36-17(4)30)23(35-24(32)18-10-8-7-9-11-18)21(31)20-22(34-16(3)29)26(14,27)37-25(20,5)6/h7-11,14,19-23,31H,12-13H2,1-6H3/t14?,19-,20+,21+,22+,23-,26+,27+/m0/s1. The molecule has 1 aromatic carbocycles. The third-order valence-corrected chi connectivity index (χ3v) is 7.92. The van der Waals surface area contributed by atoms with Crippen molar-refractivity contribution in [3.8, 4) is 0 Å². The van der Waals surface area contributed by atoms with Gasteiger partial charge in [0, 0.05) is 20.8 Å². The van der Waals surface area contributed by atoms with Crippen LogP contribution in [0.1, 0.15) is 64.7 Å². The second-order valence-electron chi connectivity index (χ2n) is 10.7. The monoisotopic (exact) mass is 518 g/mol. The van der Waals surface area contributed by atoms with Gasteiger partial charge < -0.3 is 28.8 Å². The summed E-state index contributed by atoms with van der Waals surface area (Å²) in [7, 11) is 0. The van der Waals surface area contributed by atoms with E-state index >= 15 is 0 Å². The van der Waals surface area contributed by atoms with Gasteiger partial charge in [-0.2, -0.15) is 0 Å². The minimum absolute atomic E-state index is 0.212. The van der Waals surface area contributed by atoms with Crippen LogP contribution < -0.4 is 0 Å². The molecule has 202 valence electrons. The Labute approximate surface area is 215 Å². The molecule has 1 heterocycles. The predicted octanol–water partition coefficient (Wildman–Crippen LogP) is 2.35. The molecule has 4 rings (SSSR count). The number of aliphatic hydroxyl groups is 1. The summed E-state index contributed by atoms with van der Waals surface area (Å²) in [5.74, 6) is -4.10. The molecule has 10 heteroatoms. The lowest BCUT2D eigenvalue weighted by Gasteiger charge is -2.62. The van der Waals surface area contributed by atoms with Gasteiger partial charge in [0.15, 0.2) is 11.7 Å². The van der Waals surface area contributed by atoms with Gasteiger partial charge in [-0.1, -0.05) is 25.1 Å². The highest BCUT2D eigenvalue weighted by molar-refractivity contribution is 5.89. The van der Waals surface area contributed by atoms with Crippen LogP contribution in [0.4, 0.5) is 0 Å². The van der Waals surface area contributed by atoms with Crippen molar-refractivity contribution in [2.45, 2.75) is 95.6 Å². The maximum Gasteiger partial charge on any atom is 0.338 e. The molecule has 1 aliphatic heterocycles. The van der Waals surface area contributed by atoms with Crippen molar-refractivity contribution in [3.63, 3.8) is 0 Å². The molecule has 10 nitrogen and oxygen atoms in total. The van der Waals surface area contributed by atoms with E-state index in [0.717, 1.165) is 0 Å². The van der Waals surface area contributed by atoms with Crippen molar-refractivity contribution in [2.75, 3.05) is 0 Å². The van der Waals surface area contributed by atoms with Gasteiger partial charge in [-0.25, -0.2) is 4.79 Å². The second kappa shape index (κ2) is 9.40. The highest BCUT2D eigenvalue weighted by Gasteiger charge is 2.85. The van der Waals surface area contributed by atoms with Crippen LogP contribution in [-0.4, -0.2) is 70.2 Å². The third-order valence-electron chi connectivity index (χ3n) is 7.92. The average molecular weight is 519 g/mol. The van der Waals surface area contributed by atoms with Gasteiger partial charge in [-0.05, 0) is 44.7 Å². The molecule has 3 fully saturated rings. The lowest BCUT2D eigenvalue weighted by Crippen LogP contribution is -2.82. The van der Waals surface area contributed by atoms with Crippen LogP contribution in [0.2, 0.25) is 0 Å². The number of rotatable bonds is 5. The minimum atomic E-state index is -2.02. The zero-order chi connectivity index (χ0) is 27.3. The van der Waals surface area contributed by atoms with Gasteiger partial charge in [0.2, 0.25) is 5.60 Å². The molecule has 3 aliphatic rings. The first kappa shape index (κ1) is 27.1. The van der Waals surface area contributed by atoms with Crippen LogP contribution >= 0.6 is 0 Å². The molecular formula is C27H34O10. The number of hydrogen-bond acceptors (Lipinski definition) is 10. The molecule has 1 saturated heterocycles. The van der Waals surface area contributed by atoms with Crippen LogP contribution in [0, 0.1) is 11.8 Å². The molecule has 0 aromatic heterocycles. The van der Waals surface area contributed by atoms with Crippen molar-refractivity contribution in [2.24, 2.45) is 11.8 Å². The van der Waals surface area contributed by atoms with E-state index < -0.39 is 76.9 Å². The van der Waals surface area contributed by atoms with E-state index in [1.807, 2.05) is 6.92 Å². The van der Waals surface area contributed by atoms with E-state index in [-0.39, 0.29) is 12.0 Å². The molecule has 2 aliphatic carbocycles. The van der Waals surface area contributed by atoms with Crippen LogP contribution in [0.3, 0.4) is 0 Å². The Morgan fingerprint density at radius 3 is 2.08 bits per heavy atom. The number of carbonyl (C=O) groups is 4. The maximum atomic E-state index is 13.3. The lowest BCUT2D eigenvalue weighted by molar-refractivity contribution is -0.333. The van der Waals surface area contributed by atoms with Crippen molar-refractivity contribution in [1.82, 2.24) is 0 Å². The number of carbonyl (C=O) groups excluding carboxylic acids is 4. The molecule has 0 amide bonds. The first-order valence-corrected chi connectivity index (χ1v) is 12.5. The zero-order valence-corrected chi connectivity index (χ0v) is 21.9. The van der Waals surface area contributed by atoms with Crippen molar-refractivity contribution >= 4 is 23.9 Å². The third kappa shape index (κ3) is 4.10. The van der Waals surface area contributed by atoms with E-state index in [2.05, 4.69) is 0 Å². The maximum absolute atomic E-state index is 13.3. The normalized spacial score (nSPS) is 37.6. The topological polar surface area (TPSA) is 135 Å². The molecule has 1 spiro atoms. The van der Waals surface area contributed by atoms with Gasteiger partial charge in [0.25, 0.3) is 0 Å². The molecule has 1 aromatic rings. The highest BCUT2D eigenvalue weighted by Crippen LogP contribution is 2.65. The largest absolute Gasteiger partial charge is 0.459 e. The molecule has 1 unspecified atom stereocenters. The SMILES string of the molecule is CC(=O)O[C@H]1CCC(C)[C@]23OC(C)(C)[C@H]([C@@H](O)[C@H](OC(=O)c4ccccc4)[C@]12OC(C)=O)[C@H]3OC(C)=O. The summed E-state index contributed by atoms with van der Waals surface area (Å²) in [6.45, 7) is 8.93. The van der Waals surface area contributed by atoms with E-state index in [4.69, 9.17) is 23.7 Å². The van der Waals surface area contributed by atoms with Crippen LogP contribution in [0.15, 0.2) is 30.3 Å². The van der Waals surface area contributed by atoms with Gasteiger partial charge >= 0.3 is 23.9 Å². The minimum Gasteiger partial charge on any atom is -0.459 e. The van der Waals surface area contributed by atoms with Crippen molar-refractivity contribution in [1.29, 1.82) is 0 Å². The summed E-state index contributed by atoms with van der Waals surface area (Å²) in [6.07, 6.45) is -4.59. The Morgan fingerprint density at radius 2 is 1.51 bits per heavy atom. The molecular weight excluding hydrogens is 484 g/mol. The number of ether oxygens (including phenoxy) is 5. The fourth-order valence-electron chi connectivity index (χ4n) is 6.82. The smallest absolute Gasteiger partial charge is 0.338 e. The summed E-state index contributed by atoms with van der Waals surface area (Å²) in [5, 5.41) is 11.8. The number of hydrogen-bond donors (Lipinski definition) is 1. The molecule has 2 bridgehead atoms. The molecule has 8 atom stereocenters. The van der Waals surface area contributed by atoms with Crippen molar-refractivity contribution < 1.29 is 48.0 Å². The van der Waals surface area contributed by atoms with E-state index in [9.17, 15) is 24.3 Å². The Kier molecular flexibility index (Phi) is 6.87. The van der Waals surface area contributed by atoms with Gasteiger partial charge in [0.05, 0.1) is 17.1 Å². The van der Waals surface area contributed by atoms with Crippen LogP contribution in [0.25, 0.3) is 0 Å². The number of benzene rings is 1. The Bertz CT molecular complexity index is 1080. The Hall–Kier alpha value is -2.98. The molecule has 37 heavy (non-hydrogen) atoms. The average Bonchev–Trinajstić information content (AvgIpc) is 3.00. The van der Waals surface area contributed by atoms with Crippen LogP contribution in [0.5, 0.6) is 0 Å². The van der Waals surface area contributed by atoms with Gasteiger partial charge in [-0.15, -0.1) is 0 Å². The van der Waals surface area contributed by atoms with E-state index in [1.54, 1.807) is 44.2 Å². The molecule has 1 N–H and O–H groups in total. The lowest BCUT2D eigenvalue weighted by atomic mass is 9.53. The second-order valence-corrected chi connectivity index (χ2v) is 10.7. The van der Waals surface area contributed by atoms with Crippen molar-refractivity contribution in [3.05, 3.63) is 35.9 Å².